The van der Waals surface area contributed by atoms with Gasteiger partial charge in [-0.15, -0.1) is 0 Å². The van der Waals surface area contributed by atoms with Crippen molar-refractivity contribution < 1.29 is 30.7 Å². The first-order valence-electron chi connectivity index (χ1n) is 11.4. The lowest BCUT2D eigenvalue weighted by Crippen LogP contribution is -2.01. The molecule has 7 heteroatoms. The molecule has 0 saturated carbocycles. The van der Waals surface area contributed by atoms with E-state index in [0.29, 0.717) is 17.7 Å². The van der Waals surface area contributed by atoms with Gasteiger partial charge in [-0.25, -0.2) is 17.6 Å². The average Bonchev–Trinajstić information content (AvgIpc) is 2.77. The summed E-state index contributed by atoms with van der Waals surface area (Å²) in [4.78, 5) is 0. The Morgan fingerprint density at radius 3 is 1.74 bits per heavy atom. The maximum Gasteiger partial charge on any atom is 0.409 e. The monoisotopic (exact) mass is 494 g/mol. The molecule has 35 heavy (non-hydrogen) atoms. The Labute approximate surface area is 200 Å². The van der Waals surface area contributed by atoms with Crippen molar-refractivity contribution in [1.82, 2.24) is 0 Å². The van der Waals surface area contributed by atoms with Crippen molar-refractivity contribution in [2.24, 2.45) is 0 Å². The minimum atomic E-state index is -4.77. The summed E-state index contributed by atoms with van der Waals surface area (Å²) in [5.41, 5.74) is -0.119. The number of benzene rings is 3. The second-order valence-electron chi connectivity index (χ2n) is 8.40. The molecule has 0 fully saturated rings. The Morgan fingerprint density at radius 1 is 0.657 bits per heavy atom. The average molecular weight is 494 g/mol. The molecule has 0 atom stereocenters. The van der Waals surface area contributed by atoms with E-state index in [2.05, 4.69) is 6.92 Å². The van der Waals surface area contributed by atoms with Crippen molar-refractivity contribution in [3.8, 4) is 22.3 Å². The van der Waals surface area contributed by atoms with Crippen LogP contribution < -0.4 is 0 Å². The molecule has 0 saturated heterocycles. The van der Waals surface area contributed by atoms with E-state index in [1.165, 1.54) is 19.3 Å². The highest BCUT2D eigenvalue weighted by molar-refractivity contribution is 5.73. The Kier molecular flexibility index (Phi) is 8.76. The number of hydrogen-bond donors (Lipinski definition) is 0. The van der Waals surface area contributed by atoms with E-state index in [1.807, 2.05) is 12.1 Å². The van der Waals surface area contributed by atoms with E-state index >= 15 is 0 Å². The first kappa shape index (κ1) is 26.5. The van der Waals surface area contributed by atoms with E-state index in [1.54, 1.807) is 12.1 Å². The Morgan fingerprint density at radius 2 is 1.20 bits per heavy atom. The van der Waals surface area contributed by atoms with Gasteiger partial charge in [-0.3, -0.25) is 0 Å². The van der Waals surface area contributed by atoms with Crippen LogP contribution in [0.2, 0.25) is 0 Å². The lowest BCUT2D eigenvalue weighted by atomic mass is 9.96. The first-order chi connectivity index (χ1) is 16.6. The van der Waals surface area contributed by atoms with Gasteiger partial charge in [-0.05, 0) is 65.4 Å². The van der Waals surface area contributed by atoms with Crippen LogP contribution in [0.15, 0.2) is 54.6 Å². The van der Waals surface area contributed by atoms with Crippen molar-refractivity contribution >= 4 is 6.08 Å². The molecule has 0 amide bonds. The van der Waals surface area contributed by atoms with Crippen LogP contribution in [0.25, 0.3) is 28.3 Å². The van der Waals surface area contributed by atoms with Gasteiger partial charge in [0.15, 0.2) is 0 Å². The zero-order chi connectivity index (χ0) is 25.6. The summed E-state index contributed by atoms with van der Waals surface area (Å²) in [6, 6.07) is 10.7. The minimum absolute atomic E-state index is 0.235. The van der Waals surface area contributed by atoms with Crippen LogP contribution in [0.1, 0.15) is 50.2 Å². The Hall–Kier alpha value is -3.09. The second kappa shape index (κ2) is 11.6. The summed E-state index contributed by atoms with van der Waals surface area (Å²) in [6.45, 7) is 2.16. The summed E-state index contributed by atoms with van der Waals surface area (Å²) >= 11 is 0. The maximum absolute atomic E-state index is 14.9. The van der Waals surface area contributed by atoms with Gasteiger partial charge in [-0.2, -0.15) is 13.2 Å². The molecular weight excluding hydrogens is 469 g/mol. The third-order valence-electron chi connectivity index (χ3n) is 5.71. The van der Waals surface area contributed by atoms with Gasteiger partial charge < -0.3 is 0 Å². The molecule has 0 aromatic heterocycles. The third kappa shape index (κ3) is 7.20. The van der Waals surface area contributed by atoms with E-state index in [-0.39, 0.29) is 17.7 Å². The summed E-state index contributed by atoms with van der Waals surface area (Å²) < 4.78 is 95.2. The molecule has 3 rings (SSSR count). The van der Waals surface area contributed by atoms with Crippen LogP contribution in [0, 0.1) is 23.3 Å². The number of hydrogen-bond acceptors (Lipinski definition) is 0. The molecule has 186 valence electrons. The highest BCUT2D eigenvalue weighted by atomic mass is 19.4. The maximum atomic E-state index is 14.9. The second-order valence-corrected chi connectivity index (χ2v) is 8.40. The van der Waals surface area contributed by atoms with Crippen LogP contribution in [-0.2, 0) is 6.42 Å². The van der Waals surface area contributed by atoms with Gasteiger partial charge in [0.1, 0.15) is 23.3 Å². The predicted molar refractivity (Wildman–Crippen MR) is 125 cm³/mol. The lowest BCUT2D eigenvalue weighted by molar-refractivity contribution is -0.0790. The van der Waals surface area contributed by atoms with Crippen molar-refractivity contribution in [3.63, 3.8) is 0 Å². The summed E-state index contributed by atoms with van der Waals surface area (Å²) in [5, 5.41) is 0. The molecule has 0 aliphatic rings. The van der Waals surface area contributed by atoms with E-state index < -0.39 is 46.1 Å². The van der Waals surface area contributed by atoms with Crippen LogP contribution in [0.4, 0.5) is 30.7 Å². The normalized spacial score (nSPS) is 12.0. The molecule has 0 radical (unpaired) electrons. The van der Waals surface area contributed by atoms with Crippen molar-refractivity contribution in [2.45, 2.75) is 51.6 Å². The SMILES string of the molecule is CCCCCCCc1ccc(-c2cc(F)c(-c3cc(F)c(/C=C/C(F)(F)F)c(F)c3)c(F)c2)cc1. The largest absolute Gasteiger partial charge is 0.409 e. The van der Waals surface area contributed by atoms with Gasteiger partial charge in [0.2, 0.25) is 0 Å². The fourth-order valence-corrected chi connectivity index (χ4v) is 3.88. The first-order valence-corrected chi connectivity index (χ1v) is 11.4. The molecule has 0 unspecified atom stereocenters. The summed E-state index contributed by atoms with van der Waals surface area (Å²) in [7, 11) is 0. The quantitative estimate of drug-likeness (QED) is 0.205. The number of halogens is 7. The molecule has 0 heterocycles. The van der Waals surface area contributed by atoms with Crippen molar-refractivity contribution in [3.05, 3.63) is 89.0 Å². The van der Waals surface area contributed by atoms with Gasteiger partial charge in [0.25, 0.3) is 0 Å². The van der Waals surface area contributed by atoms with E-state index in [4.69, 9.17) is 0 Å². The smallest absolute Gasteiger partial charge is 0.206 e. The fraction of sp³-hybridized carbons (Fsp3) is 0.286. The topological polar surface area (TPSA) is 0 Å². The summed E-state index contributed by atoms with van der Waals surface area (Å²) in [5.74, 6) is -4.82. The third-order valence-corrected chi connectivity index (χ3v) is 5.71. The Bertz CT molecular complexity index is 1130. The van der Waals surface area contributed by atoms with E-state index in [0.717, 1.165) is 37.0 Å². The zero-order valence-electron chi connectivity index (χ0n) is 19.2. The van der Waals surface area contributed by atoms with Gasteiger partial charge in [0, 0.05) is 11.6 Å². The molecule has 0 nitrogen and oxygen atoms in total. The summed E-state index contributed by atoms with van der Waals surface area (Å²) in [6.07, 6.45) is 1.86. The fourth-order valence-electron chi connectivity index (χ4n) is 3.88. The number of allylic oxidation sites excluding steroid dienone is 1. The number of rotatable bonds is 9. The molecular formula is C28H25F7. The highest BCUT2D eigenvalue weighted by Crippen LogP contribution is 2.33. The van der Waals surface area contributed by atoms with Gasteiger partial charge in [0.05, 0.1) is 5.56 Å². The van der Waals surface area contributed by atoms with Crippen molar-refractivity contribution in [2.75, 3.05) is 0 Å². The molecule has 0 bridgehead atoms. The van der Waals surface area contributed by atoms with Crippen LogP contribution in [-0.4, -0.2) is 6.18 Å². The predicted octanol–water partition coefficient (Wildman–Crippen LogP) is 9.67. The highest BCUT2D eigenvalue weighted by Gasteiger charge is 2.23. The van der Waals surface area contributed by atoms with Crippen LogP contribution in [0.5, 0.6) is 0 Å². The lowest BCUT2D eigenvalue weighted by Gasteiger charge is -2.11. The molecule has 3 aromatic carbocycles. The Balaban J connectivity index is 1.82. The van der Waals surface area contributed by atoms with Gasteiger partial charge in [-0.1, -0.05) is 56.9 Å². The number of aryl methyl sites for hydroxylation is 1. The minimum Gasteiger partial charge on any atom is -0.206 e. The standard InChI is InChI=1S/C28H25F7/c1-2-3-4-5-6-7-18-8-10-19(11-9-18)20-14-25(31)27(26(32)15-20)21-16-23(29)22(24(30)17-21)12-13-28(33,34)35/h8-17H,2-7H2,1H3/b13-12+. The van der Waals surface area contributed by atoms with Gasteiger partial charge >= 0.3 is 6.18 Å². The molecule has 0 N–H and O–H groups in total. The number of unbranched alkanes of at least 4 members (excludes halogenated alkanes) is 4. The molecule has 0 aliphatic carbocycles. The van der Waals surface area contributed by atoms with Crippen molar-refractivity contribution in [1.29, 1.82) is 0 Å². The molecule has 3 aromatic rings. The molecule has 0 aliphatic heterocycles. The van der Waals surface area contributed by atoms with E-state index in [9.17, 15) is 30.7 Å². The number of alkyl halides is 3. The zero-order valence-corrected chi connectivity index (χ0v) is 19.2. The molecule has 0 spiro atoms. The van der Waals surface area contributed by atoms with Crippen LogP contribution >= 0.6 is 0 Å². The van der Waals surface area contributed by atoms with Crippen LogP contribution in [0.3, 0.4) is 0 Å².